The molecule has 0 unspecified atom stereocenters. The zero-order valence-corrected chi connectivity index (χ0v) is 3.85. The molecule has 0 aromatic carbocycles. The molecule has 0 aliphatic heterocycles. The summed E-state index contributed by atoms with van der Waals surface area (Å²) in [6.45, 7) is 0. The molecule has 1 rings (SSSR count). The first-order chi connectivity index (χ1) is 2.50. The Bertz CT molecular complexity index is 68.0. The molecule has 0 saturated carbocycles. The van der Waals surface area contributed by atoms with Gasteiger partial charge in [-0.25, -0.2) is 4.98 Å². The van der Waals surface area contributed by atoms with Gasteiger partial charge in [-0.2, -0.15) is 4.37 Å². The molecule has 0 bridgehead atoms. The molecule has 0 saturated heterocycles. The van der Waals surface area contributed by atoms with Crippen LogP contribution < -0.4 is 0 Å². The Morgan fingerprint density at radius 3 is 2.50 bits per heavy atom. The van der Waals surface area contributed by atoms with Crippen molar-refractivity contribution in [2.45, 2.75) is 0 Å². The molecule has 3 radical (unpaired) electrons. The highest BCUT2D eigenvalue weighted by Gasteiger charge is 1.60. The fraction of sp³-hybridized carbons (Fsp3) is 0. The number of nitrogens with zero attached hydrogens (tertiary/aromatic N) is 2. The molecule has 0 spiro atoms. The van der Waals surface area contributed by atoms with E-state index in [-0.39, 0.29) is 8.41 Å². The summed E-state index contributed by atoms with van der Waals surface area (Å²) < 4.78 is 3.65. The third-order valence-corrected chi connectivity index (χ3v) is 0.715. The van der Waals surface area contributed by atoms with E-state index in [0.717, 1.165) is 0 Å². The Kier molecular flexibility index (Phi) is 2.66. The van der Waals surface area contributed by atoms with Gasteiger partial charge in [-0.3, -0.25) is 0 Å². The SMILES string of the molecule is [B].c1ncsn1. The lowest BCUT2D eigenvalue weighted by atomic mass is 10.8. The van der Waals surface area contributed by atoms with Gasteiger partial charge in [0.1, 0.15) is 11.8 Å². The lowest BCUT2D eigenvalue weighted by Gasteiger charge is -1.38. The Balaban J connectivity index is 0.000000250. The molecule has 29 valence electrons. The molecular weight excluding hydrogens is 94.9 g/mol. The topological polar surface area (TPSA) is 25.8 Å². The van der Waals surface area contributed by atoms with Gasteiger partial charge in [0, 0.05) is 8.41 Å². The molecule has 4 heteroatoms. The molecule has 1 aromatic rings. The van der Waals surface area contributed by atoms with Crippen molar-refractivity contribution in [2.24, 2.45) is 0 Å². The molecule has 2 nitrogen and oxygen atoms in total. The van der Waals surface area contributed by atoms with Crippen molar-refractivity contribution < 1.29 is 0 Å². The Morgan fingerprint density at radius 2 is 2.33 bits per heavy atom. The van der Waals surface area contributed by atoms with Crippen LogP contribution in [0.1, 0.15) is 0 Å². The highest BCUT2D eigenvalue weighted by Crippen LogP contribution is 1.77. The summed E-state index contributed by atoms with van der Waals surface area (Å²) in [4.78, 5) is 3.63. The van der Waals surface area contributed by atoms with E-state index >= 15 is 0 Å². The van der Waals surface area contributed by atoms with Gasteiger partial charge in [-0.15, -0.1) is 0 Å². The van der Waals surface area contributed by atoms with Gasteiger partial charge in [0.05, 0.1) is 0 Å². The van der Waals surface area contributed by atoms with Crippen LogP contribution in [0.2, 0.25) is 0 Å². The van der Waals surface area contributed by atoms with Crippen LogP contribution in [0.3, 0.4) is 0 Å². The molecule has 1 aromatic heterocycles. The van der Waals surface area contributed by atoms with Gasteiger partial charge < -0.3 is 0 Å². The Labute approximate surface area is 42.0 Å². The van der Waals surface area contributed by atoms with Crippen molar-refractivity contribution in [1.29, 1.82) is 0 Å². The summed E-state index contributed by atoms with van der Waals surface area (Å²) in [5, 5.41) is 0. The zero-order chi connectivity index (χ0) is 3.54. The van der Waals surface area contributed by atoms with E-state index in [1.165, 1.54) is 17.9 Å². The lowest BCUT2D eigenvalue weighted by Crippen LogP contribution is -1.43. The minimum atomic E-state index is 0. The maximum Gasteiger partial charge on any atom is 0.129 e. The van der Waals surface area contributed by atoms with Crippen LogP contribution in [0.15, 0.2) is 11.8 Å². The van der Waals surface area contributed by atoms with Gasteiger partial charge in [0.15, 0.2) is 0 Å². The molecule has 1 heterocycles. The van der Waals surface area contributed by atoms with E-state index in [1.54, 1.807) is 5.51 Å². The summed E-state index contributed by atoms with van der Waals surface area (Å²) in [7, 11) is 0. The average molecular weight is 96.9 g/mol. The largest absolute Gasteiger partial charge is 0.231 e. The van der Waals surface area contributed by atoms with Crippen LogP contribution in [-0.4, -0.2) is 17.8 Å². The third-order valence-electron chi connectivity index (χ3n) is 0.283. The summed E-state index contributed by atoms with van der Waals surface area (Å²) in [6.07, 6.45) is 1.52. The molecule has 0 fully saturated rings. The van der Waals surface area contributed by atoms with E-state index in [0.29, 0.717) is 0 Å². The second-order valence-electron chi connectivity index (χ2n) is 0.581. The van der Waals surface area contributed by atoms with E-state index in [2.05, 4.69) is 9.36 Å². The predicted octanol–water partition coefficient (Wildman–Crippen LogP) is 0.157. The van der Waals surface area contributed by atoms with Gasteiger partial charge >= 0.3 is 0 Å². The maximum atomic E-state index is 3.65. The number of rotatable bonds is 0. The maximum absolute atomic E-state index is 3.65. The van der Waals surface area contributed by atoms with Crippen molar-refractivity contribution in [1.82, 2.24) is 9.36 Å². The second-order valence-corrected chi connectivity index (χ2v) is 1.21. The highest BCUT2D eigenvalue weighted by atomic mass is 32.1. The molecule has 0 atom stereocenters. The summed E-state index contributed by atoms with van der Waals surface area (Å²) >= 11 is 1.35. The smallest absolute Gasteiger partial charge is 0.129 e. The summed E-state index contributed by atoms with van der Waals surface area (Å²) in [6, 6.07) is 0. The van der Waals surface area contributed by atoms with Crippen molar-refractivity contribution in [3.63, 3.8) is 0 Å². The average Bonchev–Trinajstić information content (AvgIpc) is 1.76. The molecule has 0 aliphatic rings. The second kappa shape index (κ2) is 2.84. The van der Waals surface area contributed by atoms with E-state index in [1.807, 2.05) is 0 Å². The highest BCUT2D eigenvalue weighted by molar-refractivity contribution is 7.03. The molecule has 0 aliphatic carbocycles. The van der Waals surface area contributed by atoms with E-state index in [9.17, 15) is 0 Å². The first-order valence-electron chi connectivity index (χ1n) is 1.19. The molecule has 6 heavy (non-hydrogen) atoms. The van der Waals surface area contributed by atoms with Gasteiger partial charge in [0.25, 0.3) is 0 Å². The molecule has 0 N–H and O–H groups in total. The van der Waals surface area contributed by atoms with E-state index in [4.69, 9.17) is 0 Å². The van der Waals surface area contributed by atoms with Crippen LogP contribution in [0.5, 0.6) is 0 Å². The van der Waals surface area contributed by atoms with Crippen molar-refractivity contribution in [3.05, 3.63) is 11.8 Å². The third kappa shape index (κ3) is 1.17. The lowest BCUT2D eigenvalue weighted by molar-refractivity contribution is 1.33. The van der Waals surface area contributed by atoms with Crippen LogP contribution >= 0.6 is 11.5 Å². The Morgan fingerprint density at radius 1 is 1.50 bits per heavy atom. The van der Waals surface area contributed by atoms with Gasteiger partial charge in [0.2, 0.25) is 0 Å². The van der Waals surface area contributed by atoms with Crippen molar-refractivity contribution >= 4 is 19.9 Å². The van der Waals surface area contributed by atoms with Crippen LogP contribution in [-0.2, 0) is 0 Å². The van der Waals surface area contributed by atoms with Crippen molar-refractivity contribution in [3.8, 4) is 0 Å². The summed E-state index contributed by atoms with van der Waals surface area (Å²) in [5.74, 6) is 0. The summed E-state index contributed by atoms with van der Waals surface area (Å²) in [5.41, 5.74) is 1.68. The number of hydrogen-bond acceptors (Lipinski definition) is 3. The fourth-order valence-corrected chi connectivity index (χ4v) is 0.408. The number of aromatic nitrogens is 2. The fourth-order valence-electron chi connectivity index (χ4n) is 0.136. The Hall–Kier alpha value is -0.375. The van der Waals surface area contributed by atoms with E-state index < -0.39 is 0 Å². The number of hydrogen-bond donors (Lipinski definition) is 0. The van der Waals surface area contributed by atoms with Gasteiger partial charge in [-0.05, 0) is 11.5 Å². The van der Waals surface area contributed by atoms with Gasteiger partial charge in [-0.1, -0.05) is 0 Å². The standard InChI is InChI=1S/C2H2N2S.B/c1-3-2-5-4-1;/h1-2H;. The van der Waals surface area contributed by atoms with Crippen molar-refractivity contribution in [2.75, 3.05) is 0 Å². The molecule has 0 amide bonds. The van der Waals surface area contributed by atoms with Crippen LogP contribution in [0.4, 0.5) is 0 Å². The first kappa shape index (κ1) is 5.62. The molecular formula is C2H2BN2S. The predicted molar refractivity (Wildman–Crippen MR) is 25.7 cm³/mol. The quantitative estimate of drug-likeness (QED) is 0.431. The normalized spacial score (nSPS) is 6.67. The monoisotopic (exact) mass is 97.0 g/mol. The minimum absolute atomic E-state index is 0. The zero-order valence-electron chi connectivity index (χ0n) is 3.03. The minimum Gasteiger partial charge on any atom is -0.231 e. The van der Waals surface area contributed by atoms with Crippen LogP contribution in [0, 0.1) is 0 Å². The first-order valence-corrected chi connectivity index (χ1v) is 2.03. The van der Waals surface area contributed by atoms with Crippen LogP contribution in [0.25, 0.3) is 0 Å².